The Bertz CT molecular complexity index is 645. The van der Waals surface area contributed by atoms with E-state index in [-0.39, 0.29) is 0 Å². The molecule has 1 rings (SSSR count). The normalized spacial score (nSPS) is 13.9. The van der Waals surface area contributed by atoms with E-state index in [0.717, 1.165) is 19.1 Å². The second-order valence-electron chi connectivity index (χ2n) is 4.25. The van der Waals surface area contributed by atoms with E-state index in [2.05, 4.69) is 0 Å². The Morgan fingerprint density at radius 3 is 2.48 bits per heavy atom. The molecule has 0 radical (unpaired) electrons. The molecule has 0 saturated carbocycles. The highest BCUT2D eigenvalue weighted by molar-refractivity contribution is 7.89. The average Bonchev–Trinajstić information content (AvgIpc) is 2.24. The molecule has 118 valence electrons. The van der Waals surface area contributed by atoms with Crippen molar-refractivity contribution in [3.63, 3.8) is 0 Å². The monoisotopic (exact) mass is 328 g/mol. The fraction of sp³-hybridized carbons (Fsp3) is 0.400. The van der Waals surface area contributed by atoms with Gasteiger partial charge < -0.3 is 5.11 Å². The first-order chi connectivity index (χ1) is 9.42. The average molecular weight is 328 g/mol. The first-order valence-electron chi connectivity index (χ1n) is 5.49. The molecule has 1 aromatic carbocycles. The number of nitro groups is 1. The van der Waals surface area contributed by atoms with Gasteiger partial charge in [-0.25, -0.2) is 13.1 Å². The van der Waals surface area contributed by atoms with Crippen LogP contribution in [0.15, 0.2) is 23.1 Å². The van der Waals surface area contributed by atoms with E-state index in [9.17, 15) is 36.8 Å². The van der Waals surface area contributed by atoms with Crippen molar-refractivity contribution in [3.8, 4) is 5.75 Å². The highest BCUT2D eigenvalue weighted by Crippen LogP contribution is 2.28. The van der Waals surface area contributed by atoms with Crippen molar-refractivity contribution in [3.05, 3.63) is 28.3 Å². The van der Waals surface area contributed by atoms with Crippen LogP contribution < -0.4 is 4.72 Å². The minimum Gasteiger partial charge on any atom is -0.502 e. The molecule has 0 aliphatic heterocycles. The molecule has 0 heterocycles. The lowest BCUT2D eigenvalue weighted by Gasteiger charge is -2.16. The number of alkyl halides is 3. The maximum Gasteiger partial charge on any atom is 0.390 e. The second kappa shape index (κ2) is 5.85. The van der Waals surface area contributed by atoms with E-state index in [4.69, 9.17) is 0 Å². The van der Waals surface area contributed by atoms with Gasteiger partial charge in [-0.2, -0.15) is 13.2 Å². The largest absolute Gasteiger partial charge is 0.502 e. The lowest BCUT2D eigenvalue weighted by molar-refractivity contribution is -0.386. The van der Waals surface area contributed by atoms with Gasteiger partial charge in [0.1, 0.15) is 0 Å². The van der Waals surface area contributed by atoms with Gasteiger partial charge in [0.05, 0.1) is 16.2 Å². The minimum atomic E-state index is -4.55. The summed E-state index contributed by atoms with van der Waals surface area (Å²) in [6.07, 6.45) is -5.94. The number of sulfonamides is 1. The molecule has 21 heavy (non-hydrogen) atoms. The van der Waals surface area contributed by atoms with Crippen molar-refractivity contribution in [2.24, 2.45) is 0 Å². The zero-order valence-electron chi connectivity index (χ0n) is 10.6. The second-order valence-corrected chi connectivity index (χ2v) is 5.96. The molecule has 0 bridgehead atoms. The molecule has 0 saturated heterocycles. The van der Waals surface area contributed by atoms with E-state index in [1.54, 1.807) is 4.72 Å². The van der Waals surface area contributed by atoms with Gasteiger partial charge in [-0.3, -0.25) is 10.1 Å². The third-order valence-electron chi connectivity index (χ3n) is 2.35. The van der Waals surface area contributed by atoms with Gasteiger partial charge in [-0.15, -0.1) is 0 Å². The first kappa shape index (κ1) is 17.2. The van der Waals surface area contributed by atoms with E-state index in [1.807, 2.05) is 0 Å². The number of nitrogens with zero attached hydrogens (tertiary/aromatic N) is 1. The number of benzene rings is 1. The summed E-state index contributed by atoms with van der Waals surface area (Å²) in [4.78, 5) is 8.98. The number of aromatic hydroxyl groups is 1. The Kier molecular flexibility index (Phi) is 4.79. The fourth-order valence-electron chi connectivity index (χ4n) is 1.54. The van der Waals surface area contributed by atoms with Gasteiger partial charge in [-0.1, -0.05) is 0 Å². The molecule has 11 heteroatoms. The summed E-state index contributed by atoms with van der Waals surface area (Å²) in [6.45, 7) is 1.01. The van der Waals surface area contributed by atoms with E-state index >= 15 is 0 Å². The minimum absolute atomic E-state index is 0.567. The molecule has 0 fully saturated rings. The van der Waals surface area contributed by atoms with Gasteiger partial charge in [0, 0.05) is 12.1 Å². The van der Waals surface area contributed by atoms with Gasteiger partial charge in [0.15, 0.2) is 5.75 Å². The summed E-state index contributed by atoms with van der Waals surface area (Å²) in [7, 11) is -4.37. The molecule has 1 unspecified atom stereocenters. The van der Waals surface area contributed by atoms with E-state index < -0.39 is 49.9 Å². The zero-order chi connectivity index (χ0) is 16.4. The van der Waals surface area contributed by atoms with E-state index in [0.29, 0.717) is 6.07 Å². The lowest BCUT2D eigenvalue weighted by Crippen LogP contribution is -2.35. The van der Waals surface area contributed by atoms with Crippen LogP contribution in [0, 0.1) is 10.1 Å². The Morgan fingerprint density at radius 2 is 2.00 bits per heavy atom. The molecular formula is C10H11F3N2O5S. The van der Waals surface area contributed by atoms with Gasteiger partial charge >= 0.3 is 11.9 Å². The number of nitrogens with one attached hydrogen (secondary N) is 1. The number of rotatable bonds is 5. The summed E-state index contributed by atoms with van der Waals surface area (Å²) < 4.78 is 61.9. The topological polar surface area (TPSA) is 110 Å². The van der Waals surface area contributed by atoms with Crippen LogP contribution in [0.1, 0.15) is 13.3 Å². The van der Waals surface area contributed by atoms with Gasteiger partial charge in [0.2, 0.25) is 10.0 Å². The van der Waals surface area contributed by atoms with Crippen LogP contribution in [0.4, 0.5) is 18.9 Å². The van der Waals surface area contributed by atoms with Crippen LogP contribution in [0.2, 0.25) is 0 Å². The molecule has 1 aromatic rings. The standard InChI is InChI=1S/C10H11F3N2O5S/c1-6(5-10(11,12)13)14-21(19,20)7-2-3-9(16)8(4-7)15(17)18/h2-4,6,14,16H,5H2,1H3. The van der Waals surface area contributed by atoms with Crippen molar-refractivity contribution >= 4 is 15.7 Å². The summed E-state index contributed by atoms with van der Waals surface area (Å²) in [5.74, 6) is -0.748. The molecule has 7 nitrogen and oxygen atoms in total. The molecule has 0 aromatic heterocycles. The van der Waals surface area contributed by atoms with Crippen LogP contribution in [0.5, 0.6) is 5.75 Å². The highest BCUT2D eigenvalue weighted by Gasteiger charge is 2.32. The molecule has 0 amide bonds. The molecule has 0 aliphatic carbocycles. The smallest absolute Gasteiger partial charge is 0.390 e. The molecule has 1 atom stereocenters. The number of hydrogen-bond donors (Lipinski definition) is 2. The fourth-order valence-corrected chi connectivity index (χ4v) is 2.80. The van der Waals surface area contributed by atoms with Crippen LogP contribution in [0.25, 0.3) is 0 Å². The Hall–Kier alpha value is -1.88. The van der Waals surface area contributed by atoms with Crippen LogP contribution >= 0.6 is 0 Å². The van der Waals surface area contributed by atoms with Crippen LogP contribution in [-0.4, -0.2) is 30.7 Å². The number of phenolic OH excluding ortho intramolecular Hbond substituents is 1. The number of hydrogen-bond acceptors (Lipinski definition) is 5. The SMILES string of the molecule is CC(CC(F)(F)F)NS(=O)(=O)c1ccc(O)c([N+](=O)[O-])c1. The Morgan fingerprint density at radius 1 is 1.43 bits per heavy atom. The first-order valence-corrected chi connectivity index (χ1v) is 6.97. The Balaban J connectivity index is 3.04. The maximum atomic E-state index is 12.1. The third-order valence-corrected chi connectivity index (χ3v) is 3.94. The van der Waals surface area contributed by atoms with Crippen LogP contribution in [-0.2, 0) is 10.0 Å². The predicted molar refractivity (Wildman–Crippen MR) is 65.2 cm³/mol. The van der Waals surface area contributed by atoms with Crippen molar-refractivity contribution in [1.29, 1.82) is 0 Å². The molecular weight excluding hydrogens is 317 g/mol. The quantitative estimate of drug-likeness (QED) is 0.634. The lowest BCUT2D eigenvalue weighted by atomic mass is 10.2. The number of halogens is 3. The third kappa shape index (κ3) is 4.86. The molecule has 0 spiro atoms. The number of phenols is 1. The molecule has 0 aliphatic rings. The summed E-state index contributed by atoms with van der Waals surface area (Å²) >= 11 is 0. The van der Waals surface area contributed by atoms with E-state index in [1.165, 1.54) is 0 Å². The summed E-state index contributed by atoms with van der Waals surface area (Å²) in [6, 6.07) is 0.757. The number of nitro benzene ring substituents is 1. The maximum absolute atomic E-state index is 12.1. The van der Waals surface area contributed by atoms with Crippen molar-refractivity contribution in [2.75, 3.05) is 0 Å². The van der Waals surface area contributed by atoms with Gasteiger partial charge in [0.25, 0.3) is 0 Å². The van der Waals surface area contributed by atoms with Crippen LogP contribution in [0.3, 0.4) is 0 Å². The van der Waals surface area contributed by atoms with Crippen molar-refractivity contribution in [1.82, 2.24) is 4.72 Å². The predicted octanol–water partition coefficient (Wildman–Crippen LogP) is 1.92. The van der Waals surface area contributed by atoms with Crippen molar-refractivity contribution in [2.45, 2.75) is 30.5 Å². The highest BCUT2D eigenvalue weighted by atomic mass is 32.2. The molecule has 2 N–H and O–H groups in total. The van der Waals surface area contributed by atoms with Gasteiger partial charge in [-0.05, 0) is 19.1 Å². The zero-order valence-corrected chi connectivity index (χ0v) is 11.4. The Labute approximate surface area is 117 Å². The summed E-state index contributed by atoms with van der Waals surface area (Å²) in [5.41, 5.74) is -0.860. The van der Waals surface area contributed by atoms with Crippen molar-refractivity contribution < 1.29 is 31.6 Å². The summed E-state index contributed by atoms with van der Waals surface area (Å²) in [5, 5.41) is 19.8.